The van der Waals surface area contributed by atoms with Gasteiger partial charge in [-0.1, -0.05) is 19.9 Å². The SMILES string of the molecule is COCCOCCOc1ncccc1CNCC(C)C. The van der Waals surface area contributed by atoms with E-state index in [1.165, 1.54) is 0 Å². The Balaban J connectivity index is 2.29. The molecule has 1 N–H and O–H groups in total. The fraction of sp³-hybridized carbons (Fsp3) is 0.667. The first-order chi connectivity index (χ1) is 9.74. The van der Waals surface area contributed by atoms with E-state index in [-0.39, 0.29) is 0 Å². The van der Waals surface area contributed by atoms with Crippen molar-refractivity contribution in [2.45, 2.75) is 20.4 Å². The second-order valence-corrected chi connectivity index (χ2v) is 4.95. The van der Waals surface area contributed by atoms with Crippen molar-refractivity contribution in [3.63, 3.8) is 0 Å². The summed E-state index contributed by atoms with van der Waals surface area (Å²) in [4.78, 5) is 4.27. The van der Waals surface area contributed by atoms with Gasteiger partial charge in [-0.25, -0.2) is 4.98 Å². The average molecular weight is 282 g/mol. The maximum absolute atomic E-state index is 5.66. The van der Waals surface area contributed by atoms with E-state index in [1.807, 2.05) is 12.1 Å². The Morgan fingerprint density at radius 3 is 2.75 bits per heavy atom. The van der Waals surface area contributed by atoms with Crippen LogP contribution in [0.1, 0.15) is 19.4 Å². The third-order valence-electron chi connectivity index (χ3n) is 2.62. The average Bonchev–Trinajstić information content (AvgIpc) is 2.44. The lowest BCUT2D eigenvalue weighted by molar-refractivity contribution is 0.0535. The number of ether oxygens (including phenoxy) is 3. The maximum Gasteiger partial charge on any atom is 0.217 e. The van der Waals surface area contributed by atoms with Crippen LogP contribution in [0, 0.1) is 5.92 Å². The molecule has 0 aromatic carbocycles. The van der Waals surface area contributed by atoms with E-state index in [4.69, 9.17) is 14.2 Å². The third-order valence-corrected chi connectivity index (χ3v) is 2.62. The molecular weight excluding hydrogens is 256 g/mol. The molecule has 114 valence electrons. The van der Waals surface area contributed by atoms with Gasteiger partial charge < -0.3 is 19.5 Å². The lowest BCUT2D eigenvalue weighted by Gasteiger charge is -2.12. The van der Waals surface area contributed by atoms with Gasteiger partial charge in [0.2, 0.25) is 5.88 Å². The van der Waals surface area contributed by atoms with Crippen LogP contribution in [0.2, 0.25) is 0 Å². The lowest BCUT2D eigenvalue weighted by atomic mass is 10.2. The van der Waals surface area contributed by atoms with Crippen LogP contribution in [0.3, 0.4) is 0 Å². The van der Waals surface area contributed by atoms with Crippen LogP contribution in [0.15, 0.2) is 18.3 Å². The third kappa shape index (κ3) is 7.43. The predicted molar refractivity (Wildman–Crippen MR) is 79.0 cm³/mol. The maximum atomic E-state index is 5.66. The Kier molecular flexibility index (Phi) is 8.95. The van der Waals surface area contributed by atoms with E-state index in [0.29, 0.717) is 38.2 Å². The second-order valence-electron chi connectivity index (χ2n) is 4.95. The number of hydrogen-bond donors (Lipinski definition) is 1. The first-order valence-corrected chi connectivity index (χ1v) is 7.08. The lowest BCUT2D eigenvalue weighted by Crippen LogP contribution is -2.20. The summed E-state index contributed by atoms with van der Waals surface area (Å²) < 4.78 is 15.9. The molecule has 1 rings (SSSR count). The highest BCUT2D eigenvalue weighted by Gasteiger charge is 2.04. The quantitative estimate of drug-likeness (QED) is 0.628. The first-order valence-electron chi connectivity index (χ1n) is 7.08. The zero-order valence-corrected chi connectivity index (χ0v) is 12.7. The minimum absolute atomic E-state index is 0.498. The van der Waals surface area contributed by atoms with E-state index in [0.717, 1.165) is 18.7 Å². The summed E-state index contributed by atoms with van der Waals surface area (Å²) in [7, 11) is 1.66. The van der Waals surface area contributed by atoms with E-state index in [2.05, 4.69) is 24.1 Å². The van der Waals surface area contributed by atoms with Crippen LogP contribution in [0.4, 0.5) is 0 Å². The van der Waals surface area contributed by atoms with Crippen LogP contribution in [-0.4, -0.2) is 45.1 Å². The monoisotopic (exact) mass is 282 g/mol. The molecule has 5 nitrogen and oxygen atoms in total. The van der Waals surface area contributed by atoms with Gasteiger partial charge in [0.25, 0.3) is 0 Å². The predicted octanol–water partition coefficient (Wildman–Crippen LogP) is 1.87. The summed E-state index contributed by atoms with van der Waals surface area (Å²) >= 11 is 0. The Morgan fingerprint density at radius 1 is 1.20 bits per heavy atom. The summed E-state index contributed by atoms with van der Waals surface area (Å²) in [5.41, 5.74) is 1.07. The van der Waals surface area contributed by atoms with E-state index in [1.54, 1.807) is 13.3 Å². The number of rotatable bonds is 11. The van der Waals surface area contributed by atoms with Gasteiger partial charge in [0.15, 0.2) is 0 Å². The second kappa shape index (κ2) is 10.6. The van der Waals surface area contributed by atoms with Crippen molar-refractivity contribution in [3.8, 4) is 5.88 Å². The molecule has 0 saturated carbocycles. The highest BCUT2D eigenvalue weighted by molar-refractivity contribution is 5.25. The Morgan fingerprint density at radius 2 is 2.00 bits per heavy atom. The molecule has 0 aliphatic heterocycles. The van der Waals surface area contributed by atoms with Crippen molar-refractivity contribution in [1.82, 2.24) is 10.3 Å². The molecule has 5 heteroatoms. The van der Waals surface area contributed by atoms with Gasteiger partial charge in [-0.05, 0) is 18.5 Å². The van der Waals surface area contributed by atoms with Gasteiger partial charge >= 0.3 is 0 Å². The normalized spacial score (nSPS) is 11.0. The van der Waals surface area contributed by atoms with E-state index < -0.39 is 0 Å². The fourth-order valence-electron chi connectivity index (χ4n) is 1.63. The first kappa shape index (κ1) is 16.9. The molecule has 0 amide bonds. The number of methoxy groups -OCH3 is 1. The largest absolute Gasteiger partial charge is 0.475 e. The molecule has 0 fully saturated rings. The minimum atomic E-state index is 0.498. The zero-order chi connectivity index (χ0) is 14.6. The molecule has 1 aromatic heterocycles. The van der Waals surface area contributed by atoms with Crippen molar-refractivity contribution in [2.24, 2.45) is 5.92 Å². The smallest absolute Gasteiger partial charge is 0.217 e. The Hall–Kier alpha value is -1.17. The summed E-state index contributed by atoms with van der Waals surface area (Å²) in [6.07, 6.45) is 1.74. The highest BCUT2D eigenvalue weighted by Crippen LogP contribution is 2.13. The Bertz CT molecular complexity index is 359. The number of nitrogens with zero attached hydrogens (tertiary/aromatic N) is 1. The van der Waals surface area contributed by atoms with Crippen molar-refractivity contribution >= 4 is 0 Å². The molecule has 1 heterocycles. The molecule has 0 bridgehead atoms. The Labute approximate surface area is 121 Å². The molecule has 0 saturated heterocycles. The summed E-state index contributed by atoms with van der Waals surface area (Å²) in [5, 5.41) is 3.39. The molecule has 0 spiro atoms. The summed E-state index contributed by atoms with van der Waals surface area (Å²) in [5.74, 6) is 1.31. The van der Waals surface area contributed by atoms with Gasteiger partial charge in [0.05, 0.1) is 19.8 Å². The molecule has 0 aliphatic rings. The molecule has 0 unspecified atom stereocenters. The number of pyridine rings is 1. The van der Waals surface area contributed by atoms with Crippen LogP contribution in [0.5, 0.6) is 5.88 Å². The van der Waals surface area contributed by atoms with Crippen molar-refractivity contribution in [1.29, 1.82) is 0 Å². The van der Waals surface area contributed by atoms with Crippen LogP contribution >= 0.6 is 0 Å². The van der Waals surface area contributed by atoms with E-state index >= 15 is 0 Å². The number of hydrogen-bond acceptors (Lipinski definition) is 5. The van der Waals surface area contributed by atoms with Gasteiger partial charge in [0.1, 0.15) is 6.61 Å². The van der Waals surface area contributed by atoms with Gasteiger partial charge in [-0.3, -0.25) is 0 Å². The molecule has 1 aromatic rings. The van der Waals surface area contributed by atoms with Gasteiger partial charge in [-0.15, -0.1) is 0 Å². The highest BCUT2D eigenvalue weighted by atomic mass is 16.5. The summed E-state index contributed by atoms with van der Waals surface area (Å²) in [6, 6.07) is 3.95. The van der Waals surface area contributed by atoms with Crippen molar-refractivity contribution in [2.75, 3.05) is 40.1 Å². The molecule has 0 radical (unpaired) electrons. The zero-order valence-electron chi connectivity index (χ0n) is 12.7. The van der Waals surface area contributed by atoms with Crippen molar-refractivity contribution in [3.05, 3.63) is 23.9 Å². The standard InChI is InChI=1S/C15H26N2O3/c1-13(2)11-16-12-14-5-4-6-17-15(14)20-10-9-19-8-7-18-3/h4-6,13,16H,7-12H2,1-3H3. The number of nitrogens with one attached hydrogen (secondary N) is 1. The summed E-state index contributed by atoms with van der Waals surface area (Å²) in [6.45, 7) is 8.35. The van der Waals surface area contributed by atoms with Gasteiger partial charge in [-0.2, -0.15) is 0 Å². The van der Waals surface area contributed by atoms with E-state index in [9.17, 15) is 0 Å². The molecule has 0 aliphatic carbocycles. The molecule has 0 atom stereocenters. The van der Waals surface area contributed by atoms with Crippen LogP contribution in [0.25, 0.3) is 0 Å². The fourth-order valence-corrected chi connectivity index (χ4v) is 1.63. The minimum Gasteiger partial charge on any atom is -0.475 e. The van der Waals surface area contributed by atoms with Crippen molar-refractivity contribution < 1.29 is 14.2 Å². The van der Waals surface area contributed by atoms with Gasteiger partial charge in [0, 0.05) is 25.4 Å². The topological polar surface area (TPSA) is 52.6 Å². The number of aromatic nitrogens is 1. The van der Waals surface area contributed by atoms with Crippen LogP contribution in [-0.2, 0) is 16.0 Å². The van der Waals surface area contributed by atoms with Crippen LogP contribution < -0.4 is 10.1 Å². The molecule has 20 heavy (non-hydrogen) atoms. The molecular formula is C15H26N2O3.